The molecule has 1 fully saturated rings. The van der Waals surface area contributed by atoms with Gasteiger partial charge in [0.05, 0.1) is 7.29 Å². The highest BCUT2D eigenvalue weighted by atomic mass is 16.1. The SMILES string of the molecule is [3H]c1ccc2c(c1)CCCC2N1CCC(C(=O)NC=C)C1. The van der Waals surface area contributed by atoms with Crippen LogP contribution in [-0.2, 0) is 11.2 Å². The van der Waals surface area contributed by atoms with Crippen molar-refractivity contribution >= 4 is 5.91 Å². The smallest absolute Gasteiger partial charge is 0.228 e. The quantitative estimate of drug-likeness (QED) is 0.917. The minimum Gasteiger partial charge on any atom is -0.333 e. The van der Waals surface area contributed by atoms with Gasteiger partial charge in [0.15, 0.2) is 0 Å². The van der Waals surface area contributed by atoms with E-state index in [4.69, 9.17) is 1.37 Å². The normalized spacial score (nSPS) is 26.7. The molecular weight excluding hydrogens is 248 g/mol. The molecule has 0 bridgehead atoms. The standard InChI is InChI=1S/C17H22N2O/c1-2-18-17(20)14-10-11-19(12-14)16-9-5-7-13-6-3-4-8-15(13)16/h2-4,6,8,14,16H,1,5,7,9-12H2,(H,18,20)/i3T. The number of carbonyl (C=O) groups is 1. The lowest BCUT2D eigenvalue weighted by atomic mass is 9.87. The minimum atomic E-state index is 0.0730. The number of nitrogens with one attached hydrogen (secondary N) is 1. The Labute approximate surface area is 122 Å². The molecule has 2 atom stereocenters. The summed E-state index contributed by atoms with van der Waals surface area (Å²) in [7, 11) is 0. The first-order chi connectivity index (χ1) is 10.2. The second-order valence-electron chi connectivity index (χ2n) is 5.73. The van der Waals surface area contributed by atoms with Crippen LogP contribution in [0.1, 0.15) is 37.8 Å². The summed E-state index contributed by atoms with van der Waals surface area (Å²) >= 11 is 0. The Morgan fingerprint density at radius 1 is 1.50 bits per heavy atom. The van der Waals surface area contributed by atoms with Gasteiger partial charge in [-0.3, -0.25) is 9.69 Å². The topological polar surface area (TPSA) is 32.3 Å². The van der Waals surface area contributed by atoms with Crippen LogP contribution in [0.25, 0.3) is 0 Å². The van der Waals surface area contributed by atoms with Crippen molar-refractivity contribution in [2.24, 2.45) is 5.92 Å². The lowest BCUT2D eigenvalue weighted by molar-refractivity contribution is -0.123. The van der Waals surface area contributed by atoms with E-state index in [0.29, 0.717) is 12.1 Å². The molecule has 2 unspecified atom stereocenters. The molecule has 1 saturated heterocycles. The highest BCUT2D eigenvalue weighted by Crippen LogP contribution is 2.36. The third-order valence-electron chi connectivity index (χ3n) is 4.55. The van der Waals surface area contributed by atoms with Crippen molar-refractivity contribution < 1.29 is 6.17 Å². The van der Waals surface area contributed by atoms with Gasteiger partial charge in [0.1, 0.15) is 0 Å². The number of benzene rings is 1. The number of nitrogens with zero attached hydrogens (tertiary/aromatic N) is 1. The summed E-state index contributed by atoms with van der Waals surface area (Å²) in [6.45, 7) is 5.36. The molecule has 20 heavy (non-hydrogen) atoms. The molecule has 0 aromatic heterocycles. The first-order valence-corrected chi connectivity index (χ1v) is 7.44. The van der Waals surface area contributed by atoms with Crippen LogP contribution in [0, 0.1) is 5.92 Å². The van der Waals surface area contributed by atoms with Crippen molar-refractivity contribution in [2.75, 3.05) is 13.1 Å². The van der Waals surface area contributed by atoms with Gasteiger partial charge in [0.25, 0.3) is 0 Å². The largest absolute Gasteiger partial charge is 0.333 e. The molecule has 3 nitrogen and oxygen atoms in total. The number of hydrogen-bond acceptors (Lipinski definition) is 2. The maximum atomic E-state index is 11.9. The van der Waals surface area contributed by atoms with Gasteiger partial charge in [-0.05, 0) is 49.6 Å². The van der Waals surface area contributed by atoms with Gasteiger partial charge in [-0.15, -0.1) is 0 Å². The molecule has 1 aliphatic heterocycles. The number of hydrogen-bond donors (Lipinski definition) is 1. The summed E-state index contributed by atoms with van der Waals surface area (Å²) in [5, 5.41) is 2.71. The van der Waals surface area contributed by atoms with E-state index in [9.17, 15) is 4.79 Å². The summed E-state index contributed by atoms with van der Waals surface area (Å²) in [5.41, 5.74) is 2.68. The second kappa shape index (κ2) is 5.80. The van der Waals surface area contributed by atoms with Crippen LogP contribution in [0.3, 0.4) is 0 Å². The lowest BCUT2D eigenvalue weighted by Gasteiger charge is -2.33. The summed E-state index contributed by atoms with van der Waals surface area (Å²) in [5.74, 6) is 0.161. The van der Waals surface area contributed by atoms with Crippen LogP contribution in [0.4, 0.5) is 0 Å². The van der Waals surface area contributed by atoms with E-state index in [-0.39, 0.29) is 11.8 Å². The van der Waals surface area contributed by atoms with E-state index >= 15 is 0 Å². The van der Waals surface area contributed by atoms with Crippen LogP contribution in [0.15, 0.2) is 37.0 Å². The first-order valence-electron chi connectivity index (χ1n) is 7.94. The van der Waals surface area contributed by atoms with Gasteiger partial charge < -0.3 is 5.32 Å². The predicted molar refractivity (Wildman–Crippen MR) is 80.1 cm³/mol. The van der Waals surface area contributed by atoms with Crippen molar-refractivity contribution in [1.82, 2.24) is 10.2 Å². The molecule has 0 radical (unpaired) electrons. The number of rotatable bonds is 3. The van der Waals surface area contributed by atoms with Crippen LogP contribution >= 0.6 is 0 Å². The number of carbonyl (C=O) groups excluding carboxylic acids is 1. The zero-order valence-corrected chi connectivity index (χ0v) is 11.8. The fourth-order valence-electron chi connectivity index (χ4n) is 3.54. The summed E-state index contributed by atoms with van der Waals surface area (Å²) in [4.78, 5) is 14.4. The van der Waals surface area contributed by atoms with Gasteiger partial charge in [0.2, 0.25) is 5.91 Å². The Morgan fingerprint density at radius 3 is 3.25 bits per heavy atom. The van der Waals surface area contributed by atoms with Crippen molar-refractivity contribution in [2.45, 2.75) is 31.7 Å². The number of likely N-dealkylation sites (tertiary alicyclic amines) is 1. The van der Waals surface area contributed by atoms with Crippen molar-refractivity contribution in [3.8, 4) is 0 Å². The second-order valence-corrected chi connectivity index (χ2v) is 5.73. The maximum Gasteiger partial charge on any atom is 0.228 e. The van der Waals surface area contributed by atoms with Crippen LogP contribution < -0.4 is 5.32 Å². The van der Waals surface area contributed by atoms with Crippen LogP contribution in [0.2, 0.25) is 0 Å². The Balaban J connectivity index is 1.75. The molecule has 2 aliphatic rings. The molecule has 0 saturated carbocycles. The number of aryl methyl sites for hydroxylation is 1. The molecule has 3 heteroatoms. The third kappa shape index (κ3) is 2.50. The zero-order chi connectivity index (χ0) is 14.8. The van der Waals surface area contributed by atoms with E-state index in [1.165, 1.54) is 23.7 Å². The number of fused-ring (bicyclic) bond motifs is 1. The molecule has 1 amide bonds. The molecule has 0 spiro atoms. The van der Waals surface area contributed by atoms with Gasteiger partial charge in [-0.2, -0.15) is 0 Å². The van der Waals surface area contributed by atoms with Crippen LogP contribution in [-0.4, -0.2) is 23.9 Å². The Morgan fingerprint density at radius 2 is 2.40 bits per heavy atom. The zero-order valence-electron chi connectivity index (χ0n) is 12.8. The lowest BCUT2D eigenvalue weighted by Crippen LogP contribution is -2.32. The predicted octanol–water partition coefficient (Wildman–Crippen LogP) is 2.65. The average Bonchev–Trinajstić information content (AvgIpc) is 2.96. The van der Waals surface area contributed by atoms with Crippen LogP contribution in [0.5, 0.6) is 0 Å². The fraction of sp³-hybridized carbons (Fsp3) is 0.471. The number of amides is 1. The highest BCUT2D eigenvalue weighted by Gasteiger charge is 2.34. The van der Waals surface area contributed by atoms with E-state index < -0.39 is 0 Å². The maximum absolute atomic E-state index is 11.9. The minimum absolute atomic E-state index is 0.0730. The fourth-order valence-corrected chi connectivity index (χ4v) is 3.54. The molecule has 3 rings (SSSR count). The molecule has 1 aromatic carbocycles. The molecule has 1 N–H and O–H groups in total. The van der Waals surface area contributed by atoms with E-state index in [0.717, 1.165) is 32.4 Å². The molecule has 1 aromatic rings. The molecule has 106 valence electrons. The summed E-state index contributed by atoms with van der Waals surface area (Å²) in [6.07, 6.45) is 5.78. The molecule has 1 heterocycles. The molecule has 1 aliphatic carbocycles. The van der Waals surface area contributed by atoms with E-state index in [2.05, 4.69) is 22.9 Å². The highest BCUT2D eigenvalue weighted by molar-refractivity contribution is 5.80. The van der Waals surface area contributed by atoms with Gasteiger partial charge in [-0.1, -0.05) is 30.8 Å². The van der Waals surface area contributed by atoms with E-state index in [1.807, 2.05) is 12.1 Å². The van der Waals surface area contributed by atoms with Crippen molar-refractivity contribution in [3.05, 3.63) is 48.1 Å². The van der Waals surface area contributed by atoms with Gasteiger partial charge >= 0.3 is 0 Å². The average molecular weight is 272 g/mol. The molecular formula is C17H22N2O. The monoisotopic (exact) mass is 272 g/mol. The summed E-state index contributed by atoms with van der Waals surface area (Å²) < 4.78 is 7.77. The van der Waals surface area contributed by atoms with Crippen molar-refractivity contribution in [1.29, 1.82) is 0 Å². The Bertz CT molecular complexity index is 558. The van der Waals surface area contributed by atoms with E-state index in [1.54, 1.807) is 0 Å². The third-order valence-corrected chi connectivity index (χ3v) is 4.55. The Kier molecular flexibility index (Phi) is 3.52. The summed E-state index contributed by atoms with van der Waals surface area (Å²) in [6, 6.07) is 7.00. The first kappa shape index (κ1) is 12.2. The van der Waals surface area contributed by atoms with Gasteiger partial charge in [-0.25, -0.2) is 0 Å². The van der Waals surface area contributed by atoms with Gasteiger partial charge in [0, 0.05) is 12.6 Å². The Hall–Kier alpha value is -1.61. The van der Waals surface area contributed by atoms with Crippen molar-refractivity contribution in [3.63, 3.8) is 0 Å².